The molecule has 3 saturated carbocycles. The summed E-state index contributed by atoms with van der Waals surface area (Å²) in [4.78, 5) is 68.1. The minimum Gasteiger partial charge on any atom is -0.345 e. The molecule has 87 heavy (non-hydrogen) atoms. The molecule has 6 fully saturated rings. The molecule has 6 aromatic carbocycles. The Morgan fingerprint density at radius 1 is 0.483 bits per heavy atom. The van der Waals surface area contributed by atoms with Crippen LogP contribution < -0.4 is 14.7 Å². The molecule has 3 saturated heterocycles. The summed E-state index contributed by atoms with van der Waals surface area (Å²) < 4.78 is 16.5. The van der Waals surface area contributed by atoms with E-state index < -0.39 is 0 Å². The molecule has 0 atom stereocenters. The Morgan fingerprint density at radius 3 is 1.36 bits per heavy atom. The van der Waals surface area contributed by atoms with Crippen LogP contribution in [0.25, 0.3) is 32.3 Å². The van der Waals surface area contributed by atoms with Crippen molar-refractivity contribution in [1.29, 1.82) is 0 Å². The second-order valence-corrected chi connectivity index (χ2v) is 24.3. The lowest BCUT2D eigenvalue weighted by atomic mass is 10.1. The summed E-state index contributed by atoms with van der Waals surface area (Å²) >= 11 is 1.58. The number of nitrogens with one attached hydrogen (secondary N) is 1. The quantitative estimate of drug-likeness (QED) is 0.127. The van der Waals surface area contributed by atoms with Gasteiger partial charge in [-0.15, -0.1) is 0 Å². The average Bonchev–Trinajstić information content (AvgIpc) is 2.62. The zero-order valence-corrected chi connectivity index (χ0v) is 52.2. The smallest absolute Gasteiger partial charge is 0.227 e. The number of halogens is 1. The molecule has 0 bridgehead atoms. The van der Waals surface area contributed by atoms with Crippen molar-refractivity contribution < 1.29 is 20.2 Å². The number of carbonyl (C=O) groups is 3. The second kappa shape index (κ2) is 28.2. The Balaban J connectivity index is 0.000000141. The Hall–Kier alpha value is -8.11. The number of hydrogen-bond donors (Lipinski definition) is 1. The maximum Gasteiger partial charge on any atom is 0.227 e. The van der Waals surface area contributed by atoms with E-state index in [9.17, 15) is 18.8 Å². The van der Waals surface area contributed by atoms with Gasteiger partial charge in [-0.25, -0.2) is 19.3 Å². The monoisotopic (exact) mass is 1190 g/mol. The van der Waals surface area contributed by atoms with Crippen molar-refractivity contribution in [3.8, 4) is 0 Å². The van der Waals surface area contributed by atoms with Gasteiger partial charge in [-0.2, -0.15) is 0 Å². The van der Waals surface area contributed by atoms with E-state index in [1.165, 1.54) is 67.3 Å². The normalized spacial score (nSPS) is 16.7. The number of thiazole rings is 1. The van der Waals surface area contributed by atoms with Gasteiger partial charge >= 0.3 is 0 Å². The van der Waals surface area contributed by atoms with E-state index in [4.69, 9.17) is 4.98 Å². The van der Waals surface area contributed by atoms with Crippen LogP contribution in [0.5, 0.6) is 0 Å². The third kappa shape index (κ3) is 15.2. The molecule has 6 aliphatic rings. The van der Waals surface area contributed by atoms with Gasteiger partial charge in [0.05, 0.1) is 51.5 Å². The number of anilines is 3. The van der Waals surface area contributed by atoms with E-state index in [-0.39, 0.29) is 25.0 Å². The van der Waals surface area contributed by atoms with Crippen LogP contribution in [0.3, 0.4) is 0 Å². The highest BCUT2D eigenvalue weighted by atomic mass is 32.1. The summed E-state index contributed by atoms with van der Waals surface area (Å²) in [5.41, 5.74) is 12.5. The van der Waals surface area contributed by atoms with E-state index in [0.717, 1.165) is 144 Å². The number of hydrogen-bond acceptors (Lipinski definition) is 10. The van der Waals surface area contributed by atoms with Crippen LogP contribution in [0.1, 0.15) is 119 Å². The molecule has 1 N–H and O–H groups in total. The summed E-state index contributed by atoms with van der Waals surface area (Å²) in [5.74, 6) is 4.54. The highest BCUT2D eigenvalue weighted by Crippen LogP contribution is 2.42. The first-order valence-electron chi connectivity index (χ1n) is 31.9. The fraction of sp³-hybridized carbons (Fsp3) is 0.408. The molecule has 15 rings (SSSR count). The third-order valence-electron chi connectivity index (χ3n) is 17.4. The molecule has 0 radical (unpaired) electrons. The SMILES string of the molecule is CC.CC.Cn1c(N2CCN(C(=O)Cc3ccc(C4CC4)cc3)CC2)nc2ccccc21.O=C(Cc1ccc(C2CC2)cc1)N1CCN(c2nc3cc(F)ccc3s2)CC1.O=C(Cc1ccc(C2CC2)cc1)N1CCN(c2nc3ccccc3[nH]2)CC1.[HH]. The number of aromatic amines is 1. The number of imidazole rings is 2. The van der Waals surface area contributed by atoms with Gasteiger partial charge in [0.25, 0.3) is 0 Å². The average molecular weight is 1190 g/mol. The summed E-state index contributed by atoms with van der Waals surface area (Å²) in [6.07, 6.45) is 9.31. The van der Waals surface area contributed by atoms with Gasteiger partial charge in [-0.3, -0.25) is 14.4 Å². The van der Waals surface area contributed by atoms with E-state index >= 15 is 0 Å². The maximum absolute atomic E-state index is 13.4. The minimum atomic E-state index is -0.259. The largest absolute Gasteiger partial charge is 0.345 e. The van der Waals surface area contributed by atoms with Gasteiger partial charge in [0, 0.05) is 93.1 Å². The fourth-order valence-electron chi connectivity index (χ4n) is 11.8. The number of fused-ring (bicyclic) bond motifs is 3. The predicted octanol–water partition coefficient (Wildman–Crippen LogP) is 13.2. The molecule has 3 aromatic heterocycles. The van der Waals surface area contributed by atoms with Crippen molar-refractivity contribution in [1.82, 2.24) is 39.2 Å². The number of piperazine rings is 3. The van der Waals surface area contributed by atoms with Crippen molar-refractivity contribution in [3.63, 3.8) is 0 Å². The number of rotatable bonds is 12. The minimum absolute atomic E-state index is 0. The third-order valence-corrected chi connectivity index (χ3v) is 18.5. The first-order chi connectivity index (χ1) is 42.6. The Morgan fingerprint density at radius 2 is 0.908 bits per heavy atom. The first kappa shape index (κ1) is 60.6. The van der Waals surface area contributed by atoms with E-state index in [1.807, 2.05) is 84.9 Å². The standard InChI is InChI=1S/C23H26N4O.C22H22FN3OS.C22H24N4O.2C2H6.H2/c1-25-21-5-3-2-4-20(21)24-23(25)27-14-12-26(13-15-27)22(28)16-17-6-8-18(9-7-17)19-10-11-19;23-18-7-8-20-19(14-18)24-22(28-20)26-11-9-25(10-12-26)21(27)13-15-1-3-16(4-2-15)17-5-6-17;27-21(15-16-5-7-17(8-6-16)18-9-10-18)25-11-13-26(14-12-25)22-23-19-3-1-2-4-20(19)24-22;2*1-2;/h2-9,19H,10-16H2,1H3;1-4,7-8,14,17H,5-6,9-13H2;1-8,18H,9-15H2,(H,23,24);2*1-2H3;1H. The Bertz CT molecular complexity index is 3710. The zero-order valence-electron chi connectivity index (χ0n) is 51.3. The molecule has 14 nitrogen and oxygen atoms in total. The summed E-state index contributed by atoms with van der Waals surface area (Å²) in [5, 5.41) is 0.906. The van der Waals surface area contributed by atoms with Crippen LogP contribution in [0, 0.1) is 5.82 Å². The Labute approximate surface area is 517 Å². The fourth-order valence-corrected chi connectivity index (χ4v) is 12.8. The number of aryl methyl sites for hydroxylation is 1. The van der Waals surface area contributed by atoms with Crippen molar-refractivity contribution in [2.45, 2.75) is 103 Å². The van der Waals surface area contributed by atoms with Gasteiger partial charge in [0.1, 0.15) is 5.82 Å². The maximum atomic E-state index is 13.4. The van der Waals surface area contributed by atoms with Crippen molar-refractivity contribution >= 4 is 78.4 Å². The molecule has 0 unspecified atom stereocenters. The molecule has 456 valence electrons. The van der Waals surface area contributed by atoms with Gasteiger partial charge in [0.2, 0.25) is 29.6 Å². The lowest BCUT2D eigenvalue weighted by Crippen LogP contribution is -2.49. The van der Waals surface area contributed by atoms with Crippen molar-refractivity contribution in [3.05, 3.63) is 179 Å². The molecular formula is C71H86FN11O3S. The Kier molecular flexibility index (Phi) is 19.6. The topological polar surface area (TPSA) is 130 Å². The van der Waals surface area contributed by atoms with Crippen LogP contribution >= 0.6 is 11.3 Å². The molecule has 9 aromatic rings. The van der Waals surface area contributed by atoms with Crippen LogP contribution in [0.15, 0.2) is 140 Å². The zero-order chi connectivity index (χ0) is 60.4. The molecule has 0 spiro atoms. The number of nitrogens with zero attached hydrogens (tertiary/aromatic N) is 10. The molecular weight excluding hydrogens is 1110 g/mol. The van der Waals surface area contributed by atoms with E-state index in [0.29, 0.717) is 37.9 Å². The van der Waals surface area contributed by atoms with Gasteiger partial charge < -0.3 is 39.0 Å². The van der Waals surface area contributed by atoms with E-state index in [1.54, 1.807) is 17.4 Å². The van der Waals surface area contributed by atoms with Gasteiger partial charge in [-0.05, 0) is 126 Å². The predicted molar refractivity (Wildman–Crippen MR) is 354 cm³/mol. The molecule has 3 amide bonds. The highest BCUT2D eigenvalue weighted by Gasteiger charge is 2.29. The lowest BCUT2D eigenvalue weighted by molar-refractivity contribution is -0.131. The van der Waals surface area contributed by atoms with Crippen molar-refractivity contribution in [2.24, 2.45) is 7.05 Å². The summed E-state index contributed by atoms with van der Waals surface area (Å²) in [7, 11) is 2.06. The number of carbonyl (C=O) groups excluding carboxylic acids is 3. The molecule has 6 heterocycles. The summed E-state index contributed by atoms with van der Waals surface area (Å²) in [6, 6.07) is 46.8. The van der Waals surface area contributed by atoms with Crippen molar-refractivity contribution in [2.75, 3.05) is 93.2 Å². The van der Waals surface area contributed by atoms with Gasteiger partial charge in [0.15, 0.2) is 5.13 Å². The lowest BCUT2D eigenvalue weighted by Gasteiger charge is -2.35. The second-order valence-electron chi connectivity index (χ2n) is 23.3. The molecule has 3 aliphatic carbocycles. The van der Waals surface area contributed by atoms with Crippen LogP contribution in [0.4, 0.5) is 21.4 Å². The van der Waals surface area contributed by atoms with Crippen LogP contribution in [0.2, 0.25) is 0 Å². The number of benzene rings is 6. The molecule has 3 aliphatic heterocycles. The van der Waals surface area contributed by atoms with Crippen LogP contribution in [-0.4, -0.2) is 135 Å². The number of aromatic nitrogens is 5. The summed E-state index contributed by atoms with van der Waals surface area (Å²) in [6.45, 7) is 17.2. The van der Waals surface area contributed by atoms with Crippen LogP contribution in [-0.2, 0) is 40.7 Å². The number of amides is 3. The van der Waals surface area contributed by atoms with E-state index in [2.05, 4.69) is 120 Å². The first-order valence-corrected chi connectivity index (χ1v) is 32.7. The van der Waals surface area contributed by atoms with Gasteiger partial charge in [-0.1, -0.05) is 136 Å². The number of para-hydroxylation sites is 4. The highest BCUT2D eigenvalue weighted by molar-refractivity contribution is 7.22. The number of H-pyrrole nitrogens is 1. The molecule has 16 heteroatoms.